The number of carbonyl (C=O) groups is 1. The third kappa shape index (κ3) is 3.23. The smallest absolute Gasteiger partial charge is 0.322 e. The zero-order valence-electron chi connectivity index (χ0n) is 15.0. The van der Waals surface area contributed by atoms with Gasteiger partial charge in [-0.3, -0.25) is 4.68 Å². The van der Waals surface area contributed by atoms with Crippen molar-refractivity contribution >= 4 is 22.6 Å². The second kappa shape index (κ2) is 6.33. The molecule has 1 saturated carbocycles. The van der Waals surface area contributed by atoms with E-state index in [1.54, 1.807) is 0 Å². The molecule has 1 spiro atoms. The van der Waals surface area contributed by atoms with Crippen LogP contribution in [0.4, 0.5) is 10.5 Å². The molecular weight excluding hydrogens is 316 g/mol. The average Bonchev–Trinajstić information content (AvgIpc) is 3.21. The summed E-state index contributed by atoms with van der Waals surface area (Å²) in [5.41, 5.74) is 1.66. The first-order valence-electron chi connectivity index (χ1n) is 9.24. The van der Waals surface area contributed by atoms with Crippen LogP contribution >= 0.6 is 0 Å². The van der Waals surface area contributed by atoms with E-state index in [0.29, 0.717) is 25.7 Å². The molecule has 1 aliphatic carbocycles. The predicted octanol–water partition coefficient (Wildman–Crippen LogP) is 3.79. The van der Waals surface area contributed by atoms with E-state index in [1.165, 1.54) is 12.8 Å². The number of ether oxygens (including phenoxy) is 1. The number of rotatable bonds is 2. The number of amides is 2. The van der Waals surface area contributed by atoms with Crippen LogP contribution in [0.15, 0.2) is 24.4 Å². The molecule has 1 aromatic heterocycles. The van der Waals surface area contributed by atoms with E-state index in [2.05, 4.69) is 24.3 Å². The van der Waals surface area contributed by atoms with Gasteiger partial charge in [-0.25, -0.2) is 4.79 Å². The molecule has 0 bridgehead atoms. The standard InChI is InChI=1S/C19H26N4O2/c1-14(2)23-12-15-11-16(5-6-17(15)21-23)20-18(24)22-9-10-25-19(13-22)7-3-4-8-19/h5-6,11-12,14H,3-4,7-10,13H2,1-2H3,(H,20,24). The van der Waals surface area contributed by atoms with Crippen LogP contribution in [0, 0.1) is 0 Å². The Bertz CT molecular complexity index is 777. The van der Waals surface area contributed by atoms with Crippen molar-refractivity contribution in [2.24, 2.45) is 0 Å². The Labute approximate surface area is 148 Å². The minimum atomic E-state index is -0.0993. The average molecular weight is 342 g/mol. The first-order valence-corrected chi connectivity index (χ1v) is 9.24. The molecule has 25 heavy (non-hydrogen) atoms. The number of fused-ring (bicyclic) bond motifs is 1. The number of benzene rings is 1. The number of carbonyl (C=O) groups excluding carboxylic acids is 1. The zero-order chi connectivity index (χ0) is 17.4. The molecule has 2 heterocycles. The Morgan fingerprint density at radius 3 is 2.88 bits per heavy atom. The maximum absolute atomic E-state index is 12.7. The lowest BCUT2D eigenvalue weighted by molar-refractivity contribution is -0.0914. The first-order chi connectivity index (χ1) is 12.0. The maximum atomic E-state index is 12.7. The van der Waals surface area contributed by atoms with Crippen LogP contribution in [0.5, 0.6) is 0 Å². The highest BCUT2D eigenvalue weighted by molar-refractivity contribution is 5.92. The van der Waals surface area contributed by atoms with Gasteiger partial charge in [0.15, 0.2) is 0 Å². The molecule has 4 rings (SSSR count). The van der Waals surface area contributed by atoms with Gasteiger partial charge in [0.05, 0.1) is 24.3 Å². The van der Waals surface area contributed by atoms with E-state index in [0.717, 1.165) is 29.4 Å². The molecule has 1 N–H and O–H groups in total. The fourth-order valence-corrected chi connectivity index (χ4v) is 3.93. The Balaban J connectivity index is 1.47. The van der Waals surface area contributed by atoms with Crippen LogP contribution < -0.4 is 5.32 Å². The molecule has 6 heteroatoms. The summed E-state index contributed by atoms with van der Waals surface area (Å²) in [5.74, 6) is 0. The molecule has 6 nitrogen and oxygen atoms in total. The number of nitrogens with zero attached hydrogens (tertiary/aromatic N) is 3. The van der Waals surface area contributed by atoms with Crippen molar-refractivity contribution in [1.82, 2.24) is 14.7 Å². The van der Waals surface area contributed by atoms with E-state index in [-0.39, 0.29) is 11.6 Å². The van der Waals surface area contributed by atoms with Crippen LogP contribution in [-0.2, 0) is 4.74 Å². The monoisotopic (exact) mass is 342 g/mol. The van der Waals surface area contributed by atoms with Crippen LogP contribution in [0.3, 0.4) is 0 Å². The summed E-state index contributed by atoms with van der Waals surface area (Å²) < 4.78 is 7.95. The number of hydrogen-bond donors (Lipinski definition) is 1. The number of aromatic nitrogens is 2. The van der Waals surface area contributed by atoms with Crippen LogP contribution in [0.1, 0.15) is 45.6 Å². The summed E-state index contributed by atoms with van der Waals surface area (Å²) in [6, 6.07) is 6.16. The van der Waals surface area contributed by atoms with E-state index in [1.807, 2.05) is 34.0 Å². The molecule has 134 valence electrons. The zero-order valence-corrected chi connectivity index (χ0v) is 15.0. The second-order valence-electron chi connectivity index (χ2n) is 7.57. The van der Waals surface area contributed by atoms with Crippen molar-refractivity contribution in [1.29, 1.82) is 0 Å². The molecule has 0 atom stereocenters. The minimum absolute atomic E-state index is 0.0369. The van der Waals surface area contributed by atoms with Gasteiger partial charge in [0.25, 0.3) is 0 Å². The Morgan fingerprint density at radius 1 is 1.32 bits per heavy atom. The molecule has 0 unspecified atom stereocenters. The Kier molecular flexibility index (Phi) is 4.15. The number of urea groups is 1. The number of morpholine rings is 1. The van der Waals surface area contributed by atoms with Crippen molar-refractivity contribution in [3.05, 3.63) is 24.4 Å². The Hall–Kier alpha value is -2.08. The first kappa shape index (κ1) is 16.4. The van der Waals surface area contributed by atoms with Gasteiger partial charge in [-0.1, -0.05) is 12.8 Å². The highest BCUT2D eigenvalue weighted by Gasteiger charge is 2.40. The lowest BCUT2D eigenvalue weighted by Gasteiger charge is -2.40. The second-order valence-corrected chi connectivity index (χ2v) is 7.57. The van der Waals surface area contributed by atoms with Gasteiger partial charge in [0.2, 0.25) is 0 Å². The van der Waals surface area contributed by atoms with Gasteiger partial charge >= 0.3 is 6.03 Å². The summed E-state index contributed by atoms with van der Waals surface area (Å²) in [4.78, 5) is 14.6. The molecule has 1 aliphatic heterocycles. The number of nitrogens with one attached hydrogen (secondary N) is 1. The summed E-state index contributed by atoms with van der Waals surface area (Å²) in [6.07, 6.45) is 6.56. The van der Waals surface area contributed by atoms with E-state index >= 15 is 0 Å². The fraction of sp³-hybridized carbons (Fsp3) is 0.579. The van der Waals surface area contributed by atoms with Gasteiger partial charge in [0.1, 0.15) is 0 Å². The molecule has 2 aromatic rings. The topological polar surface area (TPSA) is 59.4 Å². The largest absolute Gasteiger partial charge is 0.371 e. The lowest BCUT2D eigenvalue weighted by atomic mass is 10.00. The van der Waals surface area contributed by atoms with Crippen molar-refractivity contribution in [2.75, 3.05) is 25.0 Å². The highest BCUT2D eigenvalue weighted by atomic mass is 16.5. The molecule has 2 fully saturated rings. The molecule has 1 saturated heterocycles. The minimum Gasteiger partial charge on any atom is -0.371 e. The van der Waals surface area contributed by atoms with Crippen LogP contribution in [0.25, 0.3) is 10.9 Å². The molecule has 2 aliphatic rings. The van der Waals surface area contributed by atoms with Crippen LogP contribution in [-0.4, -0.2) is 46.0 Å². The summed E-state index contributed by atoms with van der Waals surface area (Å²) in [5, 5.41) is 8.63. The van der Waals surface area contributed by atoms with E-state index in [9.17, 15) is 4.79 Å². The third-order valence-corrected chi connectivity index (χ3v) is 5.35. The van der Waals surface area contributed by atoms with Crippen LogP contribution in [0.2, 0.25) is 0 Å². The van der Waals surface area contributed by atoms with Gasteiger partial charge in [-0.2, -0.15) is 5.10 Å². The maximum Gasteiger partial charge on any atom is 0.322 e. The molecule has 1 aromatic carbocycles. The predicted molar refractivity (Wildman–Crippen MR) is 97.9 cm³/mol. The normalized spacial score (nSPS) is 19.9. The highest BCUT2D eigenvalue weighted by Crippen LogP contribution is 2.36. The molecule has 0 radical (unpaired) electrons. The molecule has 2 amide bonds. The van der Waals surface area contributed by atoms with Gasteiger partial charge in [-0.15, -0.1) is 0 Å². The summed E-state index contributed by atoms with van der Waals surface area (Å²) in [6.45, 7) is 6.19. The van der Waals surface area contributed by atoms with Crippen molar-refractivity contribution < 1.29 is 9.53 Å². The van der Waals surface area contributed by atoms with Gasteiger partial charge in [-0.05, 0) is 44.9 Å². The van der Waals surface area contributed by atoms with E-state index in [4.69, 9.17) is 4.74 Å². The summed E-state index contributed by atoms with van der Waals surface area (Å²) >= 11 is 0. The fourth-order valence-electron chi connectivity index (χ4n) is 3.93. The Morgan fingerprint density at radius 2 is 2.12 bits per heavy atom. The van der Waals surface area contributed by atoms with E-state index < -0.39 is 0 Å². The van der Waals surface area contributed by atoms with Crippen molar-refractivity contribution in [3.63, 3.8) is 0 Å². The van der Waals surface area contributed by atoms with Crippen molar-refractivity contribution in [2.45, 2.75) is 51.2 Å². The number of anilines is 1. The molecular formula is C19H26N4O2. The lowest BCUT2D eigenvalue weighted by Crippen LogP contribution is -2.53. The van der Waals surface area contributed by atoms with Gasteiger partial charge < -0.3 is 15.0 Å². The SMILES string of the molecule is CC(C)n1cc2cc(NC(=O)N3CCOC4(CCCC4)C3)ccc2n1. The van der Waals surface area contributed by atoms with Gasteiger partial charge in [0, 0.05) is 29.9 Å². The summed E-state index contributed by atoms with van der Waals surface area (Å²) in [7, 11) is 0. The number of hydrogen-bond acceptors (Lipinski definition) is 3. The quantitative estimate of drug-likeness (QED) is 0.903. The third-order valence-electron chi connectivity index (χ3n) is 5.35. The van der Waals surface area contributed by atoms with Crippen molar-refractivity contribution in [3.8, 4) is 0 Å².